The van der Waals surface area contributed by atoms with E-state index in [9.17, 15) is 4.79 Å². The van der Waals surface area contributed by atoms with Crippen LogP contribution in [-0.2, 0) is 6.54 Å². The van der Waals surface area contributed by atoms with E-state index in [1.807, 2.05) is 30.3 Å². The van der Waals surface area contributed by atoms with Gasteiger partial charge < -0.3 is 10.3 Å². The Morgan fingerprint density at radius 1 is 1.26 bits per heavy atom. The van der Waals surface area contributed by atoms with E-state index < -0.39 is 0 Å². The van der Waals surface area contributed by atoms with E-state index in [4.69, 9.17) is 0 Å². The predicted octanol–water partition coefficient (Wildman–Crippen LogP) is 3.20. The van der Waals surface area contributed by atoms with Crippen LogP contribution in [0.25, 0.3) is 10.9 Å². The maximum Gasteiger partial charge on any atom is 0.252 e. The van der Waals surface area contributed by atoms with Crippen molar-refractivity contribution in [2.45, 2.75) is 45.7 Å². The highest BCUT2D eigenvalue weighted by atomic mass is 16.1. The minimum Gasteiger partial charge on any atom is -0.322 e. The molecular weight excluding hydrogens is 236 g/mol. The van der Waals surface area contributed by atoms with Crippen LogP contribution in [0, 0.1) is 0 Å². The Labute approximate surface area is 114 Å². The summed E-state index contributed by atoms with van der Waals surface area (Å²) in [6, 6.07) is 10.4. The summed E-state index contributed by atoms with van der Waals surface area (Å²) in [4.78, 5) is 14.9. The zero-order valence-corrected chi connectivity index (χ0v) is 11.7. The molecule has 0 saturated heterocycles. The summed E-state index contributed by atoms with van der Waals surface area (Å²) in [6.45, 7) is 5.00. The van der Waals surface area contributed by atoms with Gasteiger partial charge in [-0.25, -0.2) is 0 Å². The number of hydrogen-bond donors (Lipinski definition) is 2. The number of pyridine rings is 1. The lowest BCUT2D eigenvalue weighted by Gasteiger charge is -2.15. The molecule has 0 spiro atoms. The summed E-state index contributed by atoms with van der Waals surface area (Å²) in [7, 11) is 0. The number of nitrogens with one attached hydrogen (secondary N) is 2. The van der Waals surface area contributed by atoms with Crippen molar-refractivity contribution in [1.29, 1.82) is 0 Å². The zero-order chi connectivity index (χ0) is 13.7. The monoisotopic (exact) mass is 258 g/mol. The standard InChI is InChI=1S/C16H22N2O/c1-3-7-14(4-2)17-11-13-10-12-8-5-6-9-15(12)18-16(13)19/h5-6,8-10,14,17H,3-4,7,11H2,1-2H3,(H,18,19). The molecule has 3 nitrogen and oxygen atoms in total. The molecule has 102 valence electrons. The Balaban J connectivity index is 2.16. The van der Waals surface area contributed by atoms with Gasteiger partial charge in [-0.1, -0.05) is 38.5 Å². The lowest BCUT2D eigenvalue weighted by atomic mass is 10.1. The maximum absolute atomic E-state index is 12.0. The second-order valence-electron chi connectivity index (χ2n) is 4.99. The number of rotatable bonds is 6. The molecular formula is C16H22N2O. The average Bonchev–Trinajstić information content (AvgIpc) is 2.43. The van der Waals surface area contributed by atoms with Gasteiger partial charge in [-0.3, -0.25) is 4.79 Å². The highest BCUT2D eigenvalue weighted by molar-refractivity contribution is 5.78. The molecule has 2 rings (SSSR count). The van der Waals surface area contributed by atoms with Gasteiger partial charge in [0.25, 0.3) is 5.56 Å². The van der Waals surface area contributed by atoms with Crippen LogP contribution in [-0.4, -0.2) is 11.0 Å². The minimum atomic E-state index is 0.0116. The van der Waals surface area contributed by atoms with Crippen LogP contribution >= 0.6 is 0 Å². The van der Waals surface area contributed by atoms with Crippen LogP contribution < -0.4 is 10.9 Å². The van der Waals surface area contributed by atoms with E-state index >= 15 is 0 Å². The molecule has 0 aliphatic heterocycles. The van der Waals surface area contributed by atoms with E-state index in [1.54, 1.807) is 0 Å². The molecule has 0 fully saturated rings. The topological polar surface area (TPSA) is 44.9 Å². The Morgan fingerprint density at radius 3 is 2.79 bits per heavy atom. The summed E-state index contributed by atoms with van der Waals surface area (Å²) < 4.78 is 0. The van der Waals surface area contributed by atoms with E-state index in [2.05, 4.69) is 24.1 Å². The molecule has 3 heteroatoms. The first-order valence-electron chi connectivity index (χ1n) is 7.09. The van der Waals surface area contributed by atoms with Gasteiger partial charge in [-0.15, -0.1) is 0 Å². The van der Waals surface area contributed by atoms with Crippen molar-refractivity contribution in [2.75, 3.05) is 0 Å². The lowest BCUT2D eigenvalue weighted by molar-refractivity contribution is 0.461. The maximum atomic E-state index is 12.0. The molecule has 1 atom stereocenters. The molecule has 0 amide bonds. The number of aromatic nitrogens is 1. The van der Waals surface area contributed by atoms with E-state index in [-0.39, 0.29) is 5.56 Å². The molecule has 2 aromatic rings. The number of H-pyrrole nitrogens is 1. The molecule has 0 radical (unpaired) electrons. The highest BCUT2D eigenvalue weighted by Crippen LogP contribution is 2.10. The van der Waals surface area contributed by atoms with Crippen molar-refractivity contribution >= 4 is 10.9 Å². The fourth-order valence-electron chi connectivity index (χ4n) is 2.38. The second-order valence-corrected chi connectivity index (χ2v) is 4.99. The zero-order valence-electron chi connectivity index (χ0n) is 11.7. The van der Waals surface area contributed by atoms with Crippen molar-refractivity contribution in [2.24, 2.45) is 0 Å². The Kier molecular flexibility index (Phi) is 4.74. The third-order valence-electron chi connectivity index (χ3n) is 3.54. The summed E-state index contributed by atoms with van der Waals surface area (Å²) in [6.07, 6.45) is 3.42. The van der Waals surface area contributed by atoms with Crippen molar-refractivity contribution in [3.63, 3.8) is 0 Å². The highest BCUT2D eigenvalue weighted by Gasteiger charge is 2.07. The van der Waals surface area contributed by atoms with Crippen molar-refractivity contribution in [1.82, 2.24) is 10.3 Å². The third-order valence-corrected chi connectivity index (χ3v) is 3.54. The second kappa shape index (κ2) is 6.53. The largest absolute Gasteiger partial charge is 0.322 e. The van der Waals surface area contributed by atoms with E-state index in [0.29, 0.717) is 12.6 Å². The number of hydrogen-bond acceptors (Lipinski definition) is 2. The number of aromatic amines is 1. The molecule has 19 heavy (non-hydrogen) atoms. The van der Waals surface area contributed by atoms with Crippen LogP contribution in [0.2, 0.25) is 0 Å². The third kappa shape index (κ3) is 3.44. The summed E-state index contributed by atoms with van der Waals surface area (Å²) in [5.41, 5.74) is 1.72. The van der Waals surface area contributed by atoms with Crippen molar-refractivity contribution < 1.29 is 0 Å². The van der Waals surface area contributed by atoms with Gasteiger partial charge in [0, 0.05) is 23.7 Å². The molecule has 0 aliphatic carbocycles. The van der Waals surface area contributed by atoms with Gasteiger partial charge in [0.1, 0.15) is 0 Å². The summed E-state index contributed by atoms with van der Waals surface area (Å²) in [5, 5.41) is 4.56. The molecule has 1 unspecified atom stereocenters. The normalized spacial score (nSPS) is 12.7. The quantitative estimate of drug-likeness (QED) is 0.835. The Morgan fingerprint density at radius 2 is 2.05 bits per heavy atom. The van der Waals surface area contributed by atoms with Gasteiger partial charge in [-0.2, -0.15) is 0 Å². The van der Waals surface area contributed by atoms with E-state index in [1.165, 1.54) is 6.42 Å². The molecule has 1 aromatic heterocycles. The van der Waals surface area contributed by atoms with Gasteiger partial charge >= 0.3 is 0 Å². The van der Waals surface area contributed by atoms with Crippen LogP contribution in [0.1, 0.15) is 38.7 Å². The summed E-state index contributed by atoms with van der Waals surface area (Å²) in [5.74, 6) is 0. The molecule has 1 heterocycles. The van der Waals surface area contributed by atoms with Gasteiger partial charge in [0.05, 0.1) is 0 Å². The summed E-state index contributed by atoms with van der Waals surface area (Å²) >= 11 is 0. The van der Waals surface area contributed by atoms with Crippen LogP contribution in [0.3, 0.4) is 0 Å². The average molecular weight is 258 g/mol. The number of fused-ring (bicyclic) bond motifs is 1. The SMILES string of the molecule is CCCC(CC)NCc1cc2ccccc2[nH]c1=O. The van der Waals surface area contributed by atoms with Crippen LogP contribution in [0.15, 0.2) is 35.1 Å². The lowest BCUT2D eigenvalue weighted by Crippen LogP contribution is -2.30. The molecule has 0 saturated carbocycles. The predicted molar refractivity (Wildman–Crippen MR) is 80.4 cm³/mol. The van der Waals surface area contributed by atoms with Crippen LogP contribution in [0.5, 0.6) is 0 Å². The smallest absolute Gasteiger partial charge is 0.252 e. The Bertz CT molecular complexity index is 589. The first-order chi connectivity index (χ1) is 9.24. The minimum absolute atomic E-state index is 0.0116. The van der Waals surface area contributed by atoms with Crippen molar-refractivity contribution in [3.05, 3.63) is 46.2 Å². The van der Waals surface area contributed by atoms with Gasteiger partial charge in [0.15, 0.2) is 0 Å². The number of benzene rings is 1. The fourth-order valence-corrected chi connectivity index (χ4v) is 2.38. The molecule has 2 N–H and O–H groups in total. The molecule has 0 aliphatic rings. The van der Waals surface area contributed by atoms with Gasteiger partial charge in [0.2, 0.25) is 0 Å². The van der Waals surface area contributed by atoms with Crippen molar-refractivity contribution in [3.8, 4) is 0 Å². The van der Waals surface area contributed by atoms with Crippen LogP contribution in [0.4, 0.5) is 0 Å². The Hall–Kier alpha value is -1.61. The number of para-hydroxylation sites is 1. The fraction of sp³-hybridized carbons (Fsp3) is 0.438. The first kappa shape index (κ1) is 13.8. The van der Waals surface area contributed by atoms with E-state index in [0.717, 1.165) is 29.3 Å². The molecule has 0 bridgehead atoms. The first-order valence-corrected chi connectivity index (χ1v) is 7.09. The van der Waals surface area contributed by atoms with Gasteiger partial charge in [-0.05, 0) is 30.4 Å². The molecule has 1 aromatic carbocycles.